The van der Waals surface area contributed by atoms with Crippen LogP contribution >= 0.6 is 0 Å². The van der Waals surface area contributed by atoms with E-state index >= 15 is 0 Å². The zero-order chi connectivity index (χ0) is 24.8. The molecule has 8 nitrogen and oxygen atoms in total. The second kappa shape index (κ2) is 8.71. The third kappa shape index (κ3) is 3.48. The molecule has 182 valence electrons. The van der Waals surface area contributed by atoms with Crippen molar-refractivity contribution >= 4 is 29.1 Å². The summed E-state index contributed by atoms with van der Waals surface area (Å²) in [6, 6.07) is 22.3. The Morgan fingerprint density at radius 1 is 0.833 bits per heavy atom. The molecule has 0 N–H and O–H groups in total. The Bertz CT molecular complexity index is 1350. The van der Waals surface area contributed by atoms with Crippen molar-refractivity contribution in [2.75, 3.05) is 49.6 Å². The Morgan fingerprint density at radius 3 is 2.22 bits per heavy atom. The maximum absolute atomic E-state index is 13.6. The van der Waals surface area contributed by atoms with Crippen molar-refractivity contribution in [2.45, 2.75) is 6.17 Å². The van der Waals surface area contributed by atoms with Crippen molar-refractivity contribution in [1.82, 2.24) is 9.80 Å². The van der Waals surface area contributed by atoms with E-state index in [2.05, 4.69) is 4.90 Å². The minimum Gasteiger partial charge on any atom is -0.497 e. The zero-order valence-electron chi connectivity index (χ0n) is 20.0. The number of amides is 3. The molecule has 3 heterocycles. The first-order valence-corrected chi connectivity index (χ1v) is 12.1. The van der Waals surface area contributed by atoms with Crippen LogP contribution in [0.1, 0.15) is 32.4 Å². The normalized spacial score (nSPS) is 18.6. The number of benzene rings is 3. The average molecular weight is 483 g/mol. The standard InChI is InChI=1S/C28H26N4O4/c1-36-20-12-10-19(11-13-20)29-14-16-30(17-15-29)25(33)18-31-26-21-6-2-3-7-22(21)28(35)32(26)24-9-5-4-8-23(24)27(31)34/h2-13,26H,14-18H2,1H3/t26-/m0/s1. The smallest absolute Gasteiger partial charge is 0.260 e. The minimum atomic E-state index is -0.624. The minimum absolute atomic E-state index is 0.0848. The number of carbonyl (C=O) groups is 3. The van der Waals surface area contributed by atoms with Crippen LogP contribution in [0, 0.1) is 0 Å². The van der Waals surface area contributed by atoms with Gasteiger partial charge < -0.3 is 19.4 Å². The molecule has 0 spiro atoms. The Labute approximate surface area is 209 Å². The van der Waals surface area contributed by atoms with Crippen molar-refractivity contribution in [3.8, 4) is 5.75 Å². The Kier molecular flexibility index (Phi) is 5.36. The van der Waals surface area contributed by atoms with Crippen LogP contribution in [0.2, 0.25) is 0 Å². The number of methoxy groups -OCH3 is 1. The van der Waals surface area contributed by atoms with Gasteiger partial charge in [-0.3, -0.25) is 19.3 Å². The molecule has 1 fully saturated rings. The highest BCUT2D eigenvalue weighted by Crippen LogP contribution is 2.45. The summed E-state index contributed by atoms with van der Waals surface area (Å²) in [4.78, 5) is 47.6. The van der Waals surface area contributed by atoms with Gasteiger partial charge in [0.05, 0.1) is 18.4 Å². The summed E-state index contributed by atoms with van der Waals surface area (Å²) < 4.78 is 5.24. The predicted molar refractivity (Wildman–Crippen MR) is 135 cm³/mol. The van der Waals surface area contributed by atoms with E-state index in [9.17, 15) is 14.4 Å². The fourth-order valence-electron chi connectivity index (χ4n) is 5.39. The van der Waals surface area contributed by atoms with Crippen molar-refractivity contribution in [3.63, 3.8) is 0 Å². The molecule has 3 amide bonds. The van der Waals surface area contributed by atoms with Crippen LogP contribution in [0.4, 0.5) is 11.4 Å². The molecule has 1 saturated heterocycles. The lowest BCUT2D eigenvalue weighted by atomic mass is 10.0. The average Bonchev–Trinajstić information content (AvgIpc) is 3.23. The van der Waals surface area contributed by atoms with Gasteiger partial charge in [0.1, 0.15) is 18.5 Å². The third-order valence-corrected chi connectivity index (χ3v) is 7.26. The van der Waals surface area contributed by atoms with E-state index in [4.69, 9.17) is 4.74 Å². The van der Waals surface area contributed by atoms with Gasteiger partial charge in [0.15, 0.2) is 0 Å². The second-order valence-corrected chi connectivity index (χ2v) is 9.15. The first kappa shape index (κ1) is 22.2. The van der Waals surface area contributed by atoms with E-state index in [1.165, 1.54) is 0 Å². The van der Waals surface area contributed by atoms with Crippen LogP contribution in [0.25, 0.3) is 0 Å². The number of anilines is 2. The van der Waals surface area contributed by atoms with Crippen LogP contribution in [0.3, 0.4) is 0 Å². The molecule has 3 aliphatic rings. The van der Waals surface area contributed by atoms with Crippen LogP contribution in [0.15, 0.2) is 72.8 Å². The Morgan fingerprint density at radius 2 is 1.50 bits per heavy atom. The molecule has 3 aromatic rings. The number of hydrogen-bond acceptors (Lipinski definition) is 5. The van der Waals surface area contributed by atoms with Gasteiger partial charge in [-0.25, -0.2) is 0 Å². The molecular formula is C28H26N4O4. The lowest BCUT2D eigenvalue weighted by molar-refractivity contribution is -0.132. The zero-order valence-corrected chi connectivity index (χ0v) is 20.0. The number of carbonyl (C=O) groups excluding carboxylic acids is 3. The summed E-state index contributed by atoms with van der Waals surface area (Å²) in [5.41, 5.74) is 3.43. The SMILES string of the molecule is COc1ccc(N2CCN(C(=O)CN3C(=O)c4ccccc4N4C(=O)c5ccccc5[C@@H]34)CC2)cc1. The number of ether oxygens (including phenoxy) is 1. The number of para-hydroxylation sites is 1. The number of hydrogen-bond donors (Lipinski definition) is 0. The number of nitrogens with zero attached hydrogens (tertiary/aromatic N) is 4. The van der Waals surface area contributed by atoms with Gasteiger partial charge in [0.2, 0.25) is 5.91 Å². The lowest BCUT2D eigenvalue weighted by Crippen LogP contribution is -2.55. The summed E-state index contributed by atoms with van der Waals surface area (Å²) in [5, 5.41) is 0. The van der Waals surface area contributed by atoms with E-state index in [0.29, 0.717) is 43.0 Å². The molecule has 36 heavy (non-hydrogen) atoms. The highest BCUT2D eigenvalue weighted by Gasteiger charge is 2.48. The molecule has 0 bridgehead atoms. The highest BCUT2D eigenvalue weighted by molar-refractivity contribution is 6.17. The highest BCUT2D eigenvalue weighted by atomic mass is 16.5. The van der Waals surface area contributed by atoms with Gasteiger partial charge in [0, 0.05) is 43.0 Å². The molecule has 0 aromatic heterocycles. The van der Waals surface area contributed by atoms with E-state index in [1.54, 1.807) is 46.1 Å². The summed E-state index contributed by atoms with van der Waals surface area (Å²) >= 11 is 0. The largest absolute Gasteiger partial charge is 0.497 e. The Hall–Kier alpha value is -4.33. The molecule has 6 rings (SSSR count). The molecular weight excluding hydrogens is 456 g/mol. The molecule has 0 saturated carbocycles. The van der Waals surface area contributed by atoms with Crippen molar-refractivity contribution in [3.05, 3.63) is 89.5 Å². The molecule has 0 unspecified atom stereocenters. The molecule has 3 aromatic carbocycles. The monoisotopic (exact) mass is 482 g/mol. The van der Waals surface area contributed by atoms with Crippen LogP contribution < -0.4 is 14.5 Å². The number of piperazine rings is 1. The van der Waals surface area contributed by atoms with Crippen molar-refractivity contribution in [2.24, 2.45) is 0 Å². The predicted octanol–water partition coefficient (Wildman–Crippen LogP) is 3.16. The molecule has 8 heteroatoms. The lowest BCUT2D eigenvalue weighted by Gasteiger charge is -2.42. The Balaban J connectivity index is 1.22. The maximum atomic E-state index is 13.6. The maximum Gasteiger partial charge on any atom is 0.260 e. The van der Waals surface area contributed by atoms with E-state index in [1.807, 2.05) is 48.5 Å². The summed E-state index contributed by atoms with van der Waals surface area (Å²) in [6.07, 6.45) is -0.624. The topological polar surface area (TPSA) is 73.4 Å². The summed E-state index contributed by atoms with van der Waals surface area (Å²) in [6.45, 7) is 2.44. The second-order valence-electron chi connectivity index (χ2n) is 9.15. The number of fused-ring (bicyclic) bond motifs is 5. The molecule has 0 aliphatic carbocycles. The van der Waals surface area contributed by atoms with Crippen LogP contribution in [0.5, 0.6) is 5.75 Å². The summed E-state index contributed by atoms with van der Waals surface area (Å²) in [5.74, 6) is 0.304. The first-order chi connectivity index (χ1) is 17.6. The fourth-order valence-corrected chi connectivity index (χ4v) is 5.39. The molecule has 1 atom stereocenters. The number of rotatable bonds is 4. The third-order valence-electron chi connectivity index (χ3n) is 7.26. The van der Waals surface area contributed by atoms with Crippen molar-refractivity contribution < 1.29 is 19.1 Å². The van der Waals surface area contributed by atoms with E-state index in [-0.39, 0.29) is 24.3 Å². The van der Waals surface area contributed by atoms with Crippen molar-refractivity contribution in [1.29, 1.82) is 0 Å². The van der Waals surface area contributed by atoms with Crippen LogP contribution in [-0.2, 0) is 4.79 Å². The summed E-state index contributed by atoms with van der Waals surface area (Å²) in [7, 11) is 1.64. The van der Waals surface area contributed by atoms with E-state index < -0.39 is 6.17 Å². The first-order valence-electron chi connectivity index (χ1n) is 12.1. The van der Waals surface area contributed by atoms with Gasteiger partial charge in [-0.2, -0.15) is 0 Å². The van der Waals surface area contributed by atoms with Crippen LogP contribution in [-0.4, -0.2) is 67.4 Å². The van der Waals surface area contributed by atoms with Gasteiger partial charge in [0.25, 0.3) is 11.8 Å². The molecule has 3 aliphatic heterocycles. The van der Waals surface area contributed by atoms with Gasteiger partial charge >= 0.3 is 0 Å². The van der Waals surface area contributed by atoms with Gasteiger partial charge in [-0.05, 0) is 42.5 Å². The van der Waals surface area contributed by atoms with E-state index in [0.717, 1.165) is 17.0 Å². The quantitative estimate of drug-likeness (QED) is 0.571. The van der Waals surface area contributed by atoms with Gasteiger partial charge in [-0.1, -0.05) is 30.3 Å². The van der Waals surface area contributed by atoms with Gasteiger partial charge in [-0.15, -0.1) is 0 Å². The fraction of sp³-hybridized carbons (Fsp3) is 0.250. The molecule has 0 radical (unpaired) electrons.